The lowest BCUT2D eigenvalue weighted by atomic mass is 10.0. The number of hydrogen-bond acceptors (Lipinski definition) is 8. The van der Waals surface area contributed by atoms with Gasteiger partial charge in [-0.1, -0.05) is 29.5 Å². The Kier molecular flexibility index (Phi) is 8.13. The third-order valence-electron chi connectivity index (χ3n) is 6.94. The van der Waals surface area contributed by atoms with Crippen LogP contribution in [0.2, 0.25) is 0 Å². The van der Waals surface area contributed by atoms with E-state index in [2.05, 4.69) is 35.1 Å². The quantitative estimate of drug-likeness (QED) is 0.381. The van der Waals surface area contributed by atoms with Crippen LogP contribution in [0.3, 0.4) is 0 Å². The van der Waals surface area contributed by atoms with Crippen LogP contribution in [-0.4, -0.2) is 60.7 Å². The van der Waals surface area contributed by atoms with E-state index in [4.69, 9.17) is 4.74 Å². The van der Waals surface area contributed by atoms with Crippen molar-refractivity contribution in [1.82, 2.24) is 19.8 Å². The number of aromatic nitrogens is 2. The molecule has 1 aliphatic heterocycles. The number of sulfonamides is 1. The lowest BCUT2D eigenvalue weighted by Gasteiger charge is -2.18. The maximum absolute atomic E-state index is 12.9. The number of likely N-dealkylation sites (tertiary alicyclic amines) is 1. The zero-order chi connectivity index (χ0) is 26.9. The van der Waals surface area contributed by atoms with Crippen molar-refractivity contribution in [3.05, 3.63) is 53.1 Å². The van der Waals surface area contributed by atoms with Crippen molar-refractivity contribution in [2.75, 3.05) is 25.4 Å². The fourth-order valence-corrected chi connectivity index (χ4v) is 7.76. The molecule has 2 heterocycles. The molecule has 0 saturated carbocycles. The van der Waals surface area contributed by atoms with E-state index in [1.165, 1.54) is 11.3 Å². The maximum atomic E-state index is 12.9. The van der Waals surface area contributed by atoms with Crippen molar-refractivity contribution in [2.24, 2.45) is 0 Å². The second kappa shape index (κ2) is 11.4. The smallest absolute Gasteiger partial charge is 0.213 e. The van der Waals surface area contributed by atoms with Gasteiger partial charge in [0.05, 0.1) is 17.4 Å². The minimum atomic E-state index is -3.40. The average molecular weight is 570 g/mol. The van der Waals surface area contributed by atoms with Gasteiger partial charge in [-0.25, -0.2) is 13.1 Å². The number of benzene rings is 2. The van der Waals surface area contributed by atoms with E-state index in [1.807, 2.05) is 38.1 Å². The third kappa shape index (κ3) is 6.08. The van der Waals surface area contributed by atoms with Gasteiger partial charge in [-0.15, -0.1) is 19.4 Å². The van der Waals surface area contributed by atoms with Crippen molar-refractivity contribution in [1.29, 1.82) is 5.26 Å². The first-order chi connectivity index (χ1) is 18.2. The molecular formula is C27H32N5O3PS2. The molecule has 0 amide bonds. The molecule has 2 aromatic carbocycles. The lowest BCUT2D eigenvalue weighted by molar-refractivity contribution is 0.242. The number of nitriles is 1. The molecular weight excluding hydrogens is 537 g/mol. The second-order valence-electron chi connectivity index (χ2n) is 10.2. The van der Waals surface area contributed by atoms with Crippen LogP contribution in [0.4, 0.5) is 0 Å². The Bertz CT molecular complexity index is 1470. The Hall–Kier alpha value is -2.41. The zero-order valence-electron chi connectivity index (χ0n) is 21.6. The zero-order valence-corrected chi connectivity index (χ0v) is 24.3. The summed E-state index contributed by atoms with van der Waals surface area (Å²) in [7, 11) is -0.567. The van der Waals surface area contributed by atoms with E-state index in [0.29, 0.717) is 23.5 Å². The Balaban J connectivity index is 1.32. The molecule has 8 nitrogen and oxygen atoms in total. The van der Waals surface area contributed by atoms with Gasteiger partial charge in [-0.05, 0) is 74.6 Å². The molecule has 3 atom stereocenters. The van der Waals surface area contributed by atoms with Gasteiger partial charge in [0.2, 0.25) is 10.0 Å². The first-order valence-corrected chi connectivity index (χ1v) is 16.0. The molecule has 200 valence electrons. The number of fused-ring (bicyclic) bond motifs is 1. The van der Waals surface area contributed by atoms with E-state index < -0.39 is 10.0 Å². The van der Waals surface area contributed by atoms with Gasteiger partial charge < -0.3 is 9.64 Å². The summed E-state index contributed by atoms with van der Waals surface area (Å²) in [6, 6.07) is 13.4. The number of rotatable bonds is 9. The lowest BCUT2D eigenvalue weighted by Crippen LogP contribution is -2.35. The van der Waals surface area contributed by atoms with Crippen LogP contribution in [0.25, 0.3) is 21.1 Å². The first-order valence-electron chi connectivity index (χ1n) is 12.9. The average Bonchev–Trinajstić information content (AvgIpc) is 3.63. The topological polar surface area (TPSA) is 108 Å². The van der Waals surface area contributed by atoms with Crippen LogP contribution in [-0.2, 0) is 16.4 Å². The number of nitrogens with zero attached hydrogens (tertiary/aromatic N) is 4. The summed E-state index contributed by atoms with van der Waals surface area (Å²) < 4.78 is 34.5. The van der Waals surface area contributed by atoms with Gasteiger partial charge >= 0.3 is 0 Å². The van der Waals surface area contributed by atoms with Gasteiger partial charge in [0.15, 0.2) is 0 Å². The normalized spacial score (nSPS) is 19.6. The van der Waals surface area contributed by atoms with E-state index in [1.54, 1.807) is 12.1 Å². The number of hydrogen-bond donors (Lipinski definition) is 1. The minimum Gasteiger partial charge on any atom is -0.490 e. The molecule has 5 rings (SSSR count). The molecule has 1 N–H and O–H groups in total. The Morgan fingerprint density at radius 2 is 2.05 bits per heavy atom. The summed E-state index contributed by atoms with van der Waals surface area (Å²) in [6.45, 7) is 6.30. The molecule has 2 unspecified atom stereocenters. The van der Waals surface area contributed by atoms with Crippen molar-refractivity contribution in [3.63, 3.8) is 0 Å². The molecule has 11 heteroatoms. The molecule has 0 spiro atoms. The summed E-state index contributed by atoms with van der Waals surface area (Å²) in [5.74, 6) is 0.667. The molecule has 0 radical (unpaired) electrons. The van der Waals surface area contributed by atoms with Gasteiger partial charge in [0.25, 0.3) is 0 Å². The molecule has 2 aliphatic rings. The van der Waals surface area contributed by atoms with Crippen LogP contribution in [0.15, 0.2) is 36.4 Å². The van der Waals surface area contributed by atoms with E-state index in [0.717, 1.165) is 64.6 Å². The first kappa shape index (κ1) is 27.2. The molecule has 3 aromatic rings. The van der Waals surface area contributed by atoms with Gasteiger partial charge in [0, 0.05) is 30.3 Å². The molecule has 1 aromatic heterocycles. The number of ether oxygens (including phenoxy) is 1. The van der Waals surface area contributed by atoms with Crippen molar-refractivity contribution in [3.8, 4) is 33.0 Å². The van der Waals surface area contributed by atoms with Crippen LogP contribution in [0.1, 0.15) is 49.4 Å². The Morgan fingerprint density at radius 1 is 1.24 bits per heavy atom. The van der Waals surface area contributed by atoms with E-state index >= 15 is 0 Å². The second-order valence-corrected chi connectivity index (χ2v) is 13.9. The van der Waals surface area contributed by atoms with Gasteiger partial charge in [-0.3, -0.25) is 0 Å². The maximum Gasteiger partial charge on any atom is 0.213 e. The van der Waals surface area contributed by atoms with E-state index in [9.17, 15) is 13.7 Å². The van der Waals surface area contributed by atoms with Crippen molar-refractivity contribution in [2.45, 2.75) is 50.9 Å². The Morgan fingerprint density at radius 3 is 2.79 bits per heavy atom. The van der Waals surface area contributed by atoms with Crippen molar-refractivity contribution >= 4 is 30.6 Å². The standard InChI is InChI=1S/C27H32N5O3PS2/c1-17(2)35-25-9-6-18(14-19(25)15-28)26-29-30-27(37-26)23-5-3-4-22-21(23)7-8-24(22)31-38(33,34)13-12-32-11-10-20(36)16-32/h3-6,9,14,17,20,24,31H,7-8,10-13,16,36H2,1-2H3/t20?,24-/m0/s1. The monoisotopic (exact) mass is 569 g/mol. The highest BCUT2D eigenvalue weighted by Crippen LogP contribution is 2.40. The highest BCUT2D eigenvalue weighted by Gasteiger charge is 2.30. The van der Waals surface area contributed by atoms with Gasteiger partial charge in [-0.2, -0.15) is 5.26 Å². The SMILES string of the molecule is CC(C)Oc1ccc(-c2nnc(-c3cccc4c3CC[C@@H]4NS(=O)(=O)CCN3CCC(P)C3)s2)cc1C#N. The molecule has 1 aliphatic carbocycles. The summed E-state index contributed by atoms with van der Waals surface area (Å²) in [5.41, 5.74) is 4.94. The fourth-order valence-electron chi connectivity index (χ4n) is 5.12. The summed E-state index contributed by atoms with van der Waals surface area (Å²) in [5, 5.41) is 19.9. The third-order valence-corrected chi connectivity index (χ3v) is 9.86. The largest absolute Gasteiger partial charge is 0.490 e. The van der Waals surface area contributed by atoms with Gasteiger partial charge in [0.1, 0.15) is 21.8 Å². The minimum absolute atomic E-state index is 0.0253. The molecule has 0 bridgehead atoms. The predicted molar refractivity (Wildman–Crippen MR) is 154 cm³/mol. The molecule has 1 fully saturated rings. The van der Waals surface area contributed by atoms with Crippen LogP contribution >= 0.6 is 20.6 Å². The van der Waals surface area contributed by atoms with Crippen LogP contribution in [0, 0.1) is 11.3 Å². The van der Waals surface area contributed by atoms with Crippen molar-refractivity contribution < 1.29 is 13.2 Å². The number of nitrogens with one attached hydrogen (secondary N) is 1. The summed E-state index contributed by atoms with van der Waals surface area (Å²) in [6.07, 6.45) is 2.57. The van der Waals surface area contributed by atoms with Crippen LogP contribution in [0.5, 0.6) is 5.75 Å². The summed E-state index contributed by atoms with van der Waals surface area (Å²) in [4.78, 5) is 2.22. The Labute approximate surface area is 230 Å². The molecule has 38 heavy (non-hydrogen) atoms. The fraction of sp³-hybridized carbons (Fsp3) is 0.444. The molecule has 1 saturated heterocycles. The predicted octanol–water partition coefficient (Wildman–Crippen LogP) is 4.39. The van der Waals surface area contributed by atoms with E-state index in [-0.39, 0.29) is 17.9 Å². The van der Waals surface area contributed by atoms with Crippen LogP contribution < -0.4 is 9.46 Å². The highest BCUT2D eigenvalue weighted by molar-refractivity contribution is 7.89. The highest BCUT2D eigenvalue weighted by atomic mass is 32.2. The summed E-state index contributed by atoms with van der Waals surface area (Å²) >= 11 is 1.46.